The minimum absolute atomic E-state index is 0.285. The van der Waals surface area contributed by atoms with Crippen molar-refractivity contribution in [2.45, 2.75) is 19.2 Å². The van der Waals surface area contributed by atoms with Gasteiger partial charge in [0.2, 0.25) is 5.91 Å². The molecule has 4 nitrogen and oxygen atoms in total. The lowest BCUT2D eigenvalue weighted by molar-refractivity contribution is -0.115. The summed E-state index contributed by atoms with van der Waals surface area (Å²) >= 11 is 5.64. The summed E-state index contributed by atoms with van der Waals surface area (Å²) in [7, 11) is 0. The van der Waals surface area contributed by atoms with Gasteiger partial charge in [-0.3, -0.25) is 4.79 Å². The van der Waals surface area contributed by atoms with Gasteiger partial charge in [0.25, 0.3) is 0 Å². The first-order valence-electron chi connectivity index (χ1n) is 5.27. The number of halogens is 1. The second-order valence-electron chi connectivity index (χ2n) is 3.37. The lowest BCUT2D eigenvalue weighted by atomic mass is 10.1. The molecule has 0 aliphatic rings. The van der Waals surface area contributed by atoms with Crippen LogP contribution in [0.3, 0.4) is 0 Å². The molecule has 1 aromatic rings. The van der Waals surface area contributed by atoms with Crippen LogP contribution in [0, 0.1) is 0 Å². The standard InChI is InChI=1S/C12H14ClNO3/c1-3-17-12(16)9-6-4-5-7-10(9)14-11(15)8(2)13/h4-8H,3H2,1-2H3,(H,14,15)/t8-/m0/s1. The molecule has 0 saturated carbocycles. The number of rotatable bonds is 4. The molecule has 0 fully saturated rings. The van der Waals surface area contributed by atoms with E-state index in [2.05, 4.69) is 5.32 Å². The maximum absolute atomic E-state index is 11.6. The van der Waals surface area contributed by atoms with Gasteiger partial charge in [-0.1, -0.05) is 12.1 Å². The van der Waals surface area contributed by atoms with E-state index in [4.69, 9.17) is 16.3 Å². The first-order chi connectivity index (χ1) is 8.06. The zero-order valence-electron chi connectivity index (χ0n) is 9.70. The summed E-state index contributed by atoms with van der Waals surface area (Å²) in [6.07, 6.45) is 0. The second kappa shape index (κ2) is 6.25. The Bertz CT molecular complexity index is 418. The minimum Gasteiger partial charge on any atom is -0.462 e. The average Bonchev–Trinajstić information content (AvgIpc) is 2.29. The molecule has 5 heteroatoms. The van der Waals surface area contributed by atoms with Crippen LogP contribution in [0.5, 0.6) is 0 Å². The summed E-state index contributed by atoms with van der Waals surface area (Å²) in [6, 6.07) is 6.64. The average molecular weight is 256 g/mol. The van der Waals surface area contributed by atoms with Crippen molar-refractivity contribution in [2.75, 3.05) is 11.9 Å². The van der Waals surface area contributed by atoms with Crippen molar-refractivity contribution in [3.8, 4) is 0 Å². The van der Waals surface area contributed by atoms with Crippen LogP contribution in [-0.4, -0.2) is 23.9 Å². The summed E-state index contributed by atoms with van der Waals surface area (Å²) in [5, 5.41) is 1.92. The maximum atomic E-state index is 11.6. The van der Waals surface area contributed by atoms with E-state index in [9.17, 15) is 9.59 Å². The molecule has 0 bridgehead atoms. The van der Waals surface area contributed by atoms with Crippen LogP contribution in [0.1, 0.15) is 24.2 Å². The molecule has 1 aromatic carbocycles. The van der Waals surface area contributed by atoms with Crippen molar-refractivity contribution in [2.24, 2.45) is 0 Å². The molecule has 1 amide bonds. The highest BCUT2D eigenvalue weighted by Gasteiger charge is 2.15. The lowest BCUT2D eigenvalue weighted by Gasteiger charge is -2.10. The van der Waals surface area contributed by atoms with E-state index in [1.54, 1.807) is 38.1 Å². The Morgan fingerprint density at radius 2 is 2.06 bits per heavy atom. The monoisotopic (exact) mass is 255 g/mol. The van der Waals surface area contributed by atoms with E-state index in [1.807, 2.05) is 0 Å². The summed E-state index contributed by atoms with van der Waals surface area (Å²) < 4.78 is 4.89. The fourth-order valence-corrected chi connectivity index (χ4v) is 1.27. The van der Waals surface area contributed by atoms with Crippen molar-refractivity contribution in [1.29, 1.82) is 0 Å². The summed E-state index contributed by atoms with van der Waals surface area (Å²) in [5.41, 5.74) is 0.725. The van der Waals surface area contributed by atoms with Crippen LogP contribution in [0.15, 0.2) is 24.3 Å². The SMILES string of the molecule is CCOC(=O)c1ccccc1NC(=O)[C@H](C)Cl. The van der Waals surface area contributed by atoms with E-state index in [0.29, 0.717) is 11.3 Å². The van der Waals surface area contributed by atoms with Gasteiger partial charge >= 0.3 is 5.97 Å². The lowest BCUT2D eigenvalue weighted by Crippen LogP contribution is -2.22. The van der Waals surface area contributed by atoms with E-state index in [-0.39, 0.29) is 12.5 Å². The van der Waals surface area contributed by atoms with Crippen LogP contribution in [0.25, 0.3) is 0 Å². The van der Waals surface area contributed by atoms with Crippen molar-refractivity contribution < 1.29 is 14.3 Å². The fourth-order valence-electron chi connectivity index (χ4n) is 1.21. The predicted molar refractivity (Wildman–Crippen MR) is 66.3 cm³/mol. The molecule has 1 atom stereocenters. The number of nitrogens with one attached hydrogen (secondary N) is 1. The number of hydrogen-bond acceptors (Lipinski definition) is 3. The highest BCUT2D eigenvalue weighted by Crippen LogP contribution is 2.17. The van der Waals surface area contributed by atoms with Gasteiger partial charge in [-0.2, -0.15) is 0 Å². The third kappa shape index (κ3) is 3.75. The molecule has 1 rings (SSSR count). The van der Waals surface area contributed by atoms with E-state index >= 15 is 0 Å². The number of hydrogen-bond donors (Lipinski definition) is 1. The molecule has 0 heterocycles. The number of carbonyl (C=O) groups excluding carboxylic acids is 2. The Morgan fingerprint density at radius 3 is 2.65 bits per heavy atom. The van der Waals surface area contributed by atoms with E-state index < -0.39 is 11.3 Å². The van der Waals surface area contributed by atoms with Crippen molar-refractivity contribution in [3.63, 3.8) is 0 Å². The predicted octanol–water partition coefficient (Wildman–Crippen LogP) is 2.43. The van der Waals surface area contributed by atoms with Crippen molar-refractivity contribution >= 4 is 29.2 Å². The third-order valence-electron chi connectivity index (χ3n) is 2.04. The number of para-hydroxylation sites is 1. The molecule has 17 heavy (non-hydrogen) atoms. The van der Waals surface area contributed by atoms with E-state index in [1.165, 1.54) is 0 Å². The first kappa shape index (κ1) is 13.5. The topological polar surface area (TPSA) is 55.4 Å². The van der Waals surface area contributed by atoms with Crippen LogP contribution < -0.4 is 5.32 Å². The number of carbonyl (C=O) groups is 2. The molecule has 1 N–H and O–H groups in total. The summed E-state index contributed by atoms with van der Waals surface area (Å²) in [4.78, 5) is 23.1. The Morgan fingerprint density at radius 1 is 1.41 bits per heavy atom. The molecule has 0 aliphatic carbocycles. The van der Waals surface area contributed by atoms with Gasteiger partial charge in [0, 0.05) is 0 Å². The Balaban J connectivity index is 2.92. The molecule has 92 valence electrons. The van der Waals surface area contributed by atoms with Crippen LogP contribution >= 0.6 is 11.6 Å². The highest BCUT2D eigenvalue weighted by atomic mass is 35.5. The molecule has 0 aromatic heterocycles. The molecular weight excluding hydrogens is 242 g/mol. The fraction of sp³-hybridized carbons (Fsp3) is 0.333. The number of anilines is 1. The highest BCUT2D eigenvalue weighted by molar-refractivity contribution is 6.32. The molecule has 0 radical (unpaired) electrons. The smallest absolute Gasteiger partial charge is 0.340 e. The van der Waals surface area contributed by atoms with Crippen LogP contribution in [-0.2, 0) is 9.53 Å². The van der Waals surface area contributed by atoms with Crippen molar-refractivity contribution in [3.05, 3.63) is 29.8 Å². The van der Waals surface area contributed by atoms with Crippen LogP contribution in [0.2, 0.25) is 0 Å². The number of benzene rings is 1. The van der Waals surface area contributed by atoms with Gasteiger partial charge < -0.3 is 10.1 Å². The molecule has 0 unspecified atom stereocenters. The second-order valence-corrected chi connectivity index (χ2v) is 4.03. The summed E-state index contributed by atoms with van der Waals surface area (Å²) in [6.45, 7) is 3.57. The Hall–Kier alpha value is -1.55. The van der Waals surface area contributed by atoms with Crippen LogP contribution in [0.4, 0.5) is 5.69 Å². The third-order valence-corrected chi connectivity index (χ3v) is 2.24. The van der Waals surface area contributed by atoms with Gasteiger partial charge in [0.05, 0.1) is 17.9 Å². The van der Waals surface area contributed by atoms with E-state index in [0.717, 1.165) is 0 Å². The van der Waals surface area contributed by atoms with Gasteiger partial charge in [0.15, 0.2) is 0 Å². The number of alkyl halides is 1. The van der Waals surface area contributed by atoms with Gasteiger partial charge in [0.1, 0.15) is 5.38 Å². The molecule has 0 saturated heterocycles. The van der Waals surface area contributed by atoms with Gasteiger partial charge in [-0.05, 0) is 26.0 Å². The Labute approximate surface area is 105 Å². The van der Waals surface area contributed by atoms with Crippen molar-refractivity contribution in [1.82, 2.24) is 0 Å². The number of ether oxygens (including phenoxy) is 1. The largest absolute Gasteiger partial charge is 0.462 e. The normalized spacial score (nSPS) is 11.7. The zero-order valence-corrected chi connectivity index (χ0v) is 10.5. The number of esters is 1. The first-order valence-corrected chi connectivity index (χ1v) is 5.71. The molecular formula is C12H14ClNO3. The minimum atomic E-state index is -0.662. The number of amides is 1. The summed E-state index contributed by atoms with van der Waals surface area (Å²) in [5.74, 6) is -0.825. The molecule has 0 aliphatic heterocycles. The van der Waals surface area contributed by atoms with Gasteiger partial charge in [-0.25, -0.2) is 4.79 Å². The maximum Gasteiger partial charge on any atom is 0.340 e. The quantitative estimate of drug-likeness (QED) is 0.664. The Kier molecular flexibility index (Phi) is 4.97. The zero-order chi connectivity index (χ0) is 12.8. The molecule has 0 spiro atoms. The van der Waals surface area contributed by atoms with Gasteiger partial charge in [-0.15, -0.1) is 11.6 Å².